The average molecular weight is 560 g/mol. The molecule has 1 aromatic carbocycles. The molecule has 2 heterocycles. The standard InChI is InChI=1S/C23H34F2N6.HI/c1-4-26-23(28-13-22-27-10-12-31(22)14-17(2)3)29-18-7-6-11-30(15-18)16-19-20(24)8-5-9-21(19)25;/h5,8-10,12,17-18H,4,6-7,11,13-16H2,1-3H3,(H2,26,28,29);1H. The molecule has 32 heavy (non-hydrogen) atoms. The van der Waals surface area contributed by atoms with Crippen LogP contribution in [0.1, 0.15) is 45.0 Å². The molecule has 1 aromatic heterocycles. The Balaban J connectivity index is 0.00000363. The van der Waals surface area contributed by atoms with Crippen molar-refractivity contribution in [2.75, 3.05) is 19.6 Å². The van der Waals surface area contributed by atoms with Crippen molar-refractivity contribution in [3.8, 4) is 0 Å². The molecule has 9 heteroatoms. The zero-order valence-corrected chi connectivity index (χ0v) is 21.5. The van der Waals surface area contributed by atoms with Gasteiger partial charge in [0.05, 0.1) is 0 Å². The van der Waals surface area contributed by atoms with Gasteiger partial charge in [-0.2, -0.15) is 0 Å². The Bertz CT molecular complexity index is 850. The molecule has 1 atom stereocenters. The maximum absolute atomic E-state index is 14.0. The van der Waals surface area contributed by atoms with Crippen LogP contribution >= 0.6 is 24.0 Å². The third-order valence-electron chi connectivity index (χ3n) is 5.38. The van der Waals surface area contributed by atoms with Gasteiger partial charge in [0, 0.05) is 50.2 Å². The summed E-state index contributed by atoms with van der Waals surface area (Å²) >= 11 is 0. The number of hydrogen-bond acceptors (Lipinski definition) is 3. The number of aliphatic imine (C=N–C) groups is 1. The summed E-state index contributed by atoms with van der Waals surface area (Å²) in [5.41, 5.74) is 0.140. The number of benzene rings is 1. The summed E-state index contributed by atoms with van der Waals surface area (Å²) in [6.07, 6.45) is 5.76. The van der Waals surface area contributed by atoms with Crippen molar-refractivity contribution >= 4 is 29.9 Å². The van der Waals surface area contributed by atoms with Crippen molar-refractivity contribution in [3.05, 3.63) is 53.6 Å². The van der Waals surface area contributed by atoms with E-state index in [4.69, 9.17) is 4.99 Å². The summed E-state index contributed by atoms with van der Waals surface area (Å²) < 4.78 is 30.2. The molecule has 1 aliphatic heterocycles. The van der Waals surface area contributed by atoms with Crippen molar-refractivity contribution in [1.29, 1.82) is 0 Å². The summed E-state index contributed by atoms with van der Waals surface area (Å²) in [5, 5.41) is 6.80. The van der Waals surface area contributed by atoms with Gasteiger partial charge in [-0.1, -0.05) is 19.9 Å². The van der Waals surface area contributed by atoms with Crippen LogP contribution < -0.4 is 10.6 Å². The van der Waals surface area contributed by atoms with Gasteiger partial charge in [-0.3, -0.25) is 4.90 Å². The lowest BCUT2D eigenvalue weighted by Gasteiger charge is -2.34. The van der Waals surface area contributed by atoms with Gasteiger partial charge in [-0.05, 0) is 44.4 Å². The smallest absolute Gasteiger partial charge is 0.191 e. The molecule has 2 N–H and O–H groups in total. The molecule has 0 bridgehead atoms. The fourth-order valence-electron chi connectivity index (χ4n) is 3.94. The lowest BCUT2D eigenvalue weighted by Crippen LogP contribution is -2.51. The van der Waals surface area contributed by atoms with Crippen LogP contribution in [0.15, 0.2) is 35.6 Å². The maximum Gasteiger partial charge on any atom is 0.191 e. The van der Waals surface area contributed by atoms with E-state index < -0.39 is 11.6 Å². The first-order valence-electron chi connectivity index (χ1n) is 11.2. The number of guanidine groups is 1. The van der Waals surface area contributed by atoms with E-state index in [-0.39, 0.29) is 42.1 Å². The molecule has 1 fully saturated rings. The van der Waals surface area contributed by atoms with Gasteiger partial charge in [0.2, 0.25) is 0 Å². The van der Waals surface area contributed by atoms with Gasteiger partial charge in [-0.25, -0.2) is 18.8 Å². The highest BCUT2D eigenvalue weighted by Gasteiger charge is 2.23. The fraction of sp³-hybridized carbons (Fsp3) is 0.565. The second-order valence-corrected chi connectivity index (χ2v) is 8.50. The Hall–Kier alpha value is -1.75. The molecule has 1 aliphatic rings. The molecule has 1 saturated heterocycles. The first kappa shape index (κ1) is 26.5. The van der Waals surface area contributed by atoms with E-state index in [2.05, 4.69) is 38.9 Å². The zero-order valence-electron chi connectivity index (χ0n) is 19.2. The number of nitrogens with one attached hydrogen (secondary N) is 2. The number of imidazole rings is 1. The molecular weight excluding hydrogens is 525 g/mol. The summed E-state index contributed by atoms with van der Waals surface area (Å²) in [6, 6.07) is 4.20. The highest BCUT2D eigenvalue weighted by Crippen LogP contribution is 2.18. The summed E-state index contributed by atoms with van der Waals surface area (Å²) in [5.74, 6) is 1.25. The summed E-state index contributed by atoms with van der Waals surface area (Å²) in [7, 11) is 0. The zero-order chi connectivity index (χ0) is 22.2. The van der Waals surface area contributed by atoms with Crippen molar-refractivity contribution in [1.82, 2.24) is 25.1 Å². The minimum absolute atomic E-state index is 0. The van der Waals surface area contributed by atoms with Crippen LogP contribution in [0.3, 0.4) is 0 Å². The Kier molecular flexibility index (Phi) is 10.8. The van der Waals surface area contributed by atoms with Gasteiger partial charge in [0.25, 0.3) is 0 Å². The van der Waals surface area contributed by atoms with Crippen LogP contribution in [0.2, 0.25) is 0 Å². The predicted octanol–water partition coefficient (Wildman–Crippen LogP) is 4.16. The molecule has 1 unspecified atom stereocenters. The molecule has 0 saturated carbocycles. The average Bonchev–Trinajstić information content (AvgIpc) is 3.16. The SMILES string of the molecule is CCNC(=NCc1nccn1CC(C)C)NC1CCCN(Cc2c(F)cccc2F)C1.I. The van der Waals surface area contributed by atoms with E-state index in [9.17, 15) is 8.78 Å². The summed E-state index contributed by atoms with van der Waals surface area (Å²) in [4.78, 5) is 11.3. The monoisotopic (exact) mass is 560 g/mol. The maximum atomic E-state index is 14.0. The third-order valence-corrected chi connectivity index (χ3v) is 5.38. The number of piperidine rings is 1. The predicted molar refractivity (Wildman–Crippen MR) is 135 cm³/mol. The van der Waals surface area contributed by atoms with E-state index >= 15 is 0 Å². The first-order chi connectivity index (χ1) is 15.0. The van der Waals surface area contributed by atoms with Crippen molar-refractivity contribution < 1.29 is 8.78 Å². The Labute approximate surface area is 206 Å². The quantitative estimate of drug-likeness (QED) is 0.290. The minimum Gasteiger partial charge on any atom is -0.357 e. The number of aromatic nitrogens is 2. The molecule has 178 valence electrons. The summed E-state index contributed by atoms with van der Waals surface area (Å²) in [6.45, 7) is 10.4. The molecule has 2 aromatic rings. The van der Waals surface area contributed by atoms with Crippen LogP contribution in [0.4, 0.5) is 8.78 Å². The molecule has 0 aliphatic carbocycles. The number of hydrogen-bond donors (Lipinski definition) is 2. The van der Waals surface area contributed by atoms with Crippen LogP contribution in [-0.2, 0) is 19.6 Å². The number of likely N-dealkylation sites (tertiary alicyclic amines) is 1. The van der Waals surface area contributed by atoms with Gasteiger partial charge in [0.15, 0.2) is 5.96 Å². The van der Waals surface area contributed by atoms with E-state index in [0.29, 0.717) is 19.0 Å². The van der Waals surface area contributed by atoms with Crippen LogP contribution in [0, 0.1) is 17.6 Å². The van der Waals surface area contributed by atoms with Gasteiger partial charge < -0.3 is 15.2 Å². The van der Waals surface area contributed by atoms with Crippen molar-refractivity contribution in [2.45, 2.75) is 59.3 Å². The minimum atomic E-state index is -0.484. The number of rotatable bonds is 8. The van der Waals surface area contributed by atoms with E-state index in [0.717, 1.165) is 44.3 Å². The molecule has 0 amide bonds. The first-order valence-corrected chi connectivity index (χ1v) is 11.2. The molecule has 0 spiro atoms. The number of halogens is 3. The highest BCUT2D eigenvalue weighted by atomic mass is 127. The molecule has 3 rings (SSSR count). The normalized spacial score (nSPS) is 17.3. The molecular formula is C23H35F2IN6. The van der Waals surface area contributed by atoms with Gasteiger partial charge >= 0.3 is 0 Å². The van der Waals surface area contributed by atoms with Crippen molar-refractivity contribution in [2.24, 2.45) is 10.9 Å². The van der Waals surface area contributed by atoms with Gasteiger partial charge in [-0.15, -0.1) is 24.0 Å². The topological polar surface area (TPSA) is 57.5 Å². The second kappa shape index (κ2) is 13.1. The van der Waals surface area contributed by atoms with E-state index in [1.165, 1.54) is 18.2 Å². The Morgan fingerprint density at radius 2 is 2.03 bits per heavy atom. The van der Waals surface area contributed by atoms with E-state index in [1.54, 1.807) is 0 Å². The number of nitrogens with zero attached hydrogens (tertiary/aromatic N) is 4. The van der Waals surface area contributed by atoms with Crippen molar-refractivity contribution in [3.63, 3.8) is 0 Å². The Morgan fingerprint density at radius 3 is 2.72 bits per heavy atom. The van der Waals surface area contributed by atoms with Crippen LogP contribution in [-0.4, -0.2) is 46.1 Å². The lowest BCUT2D eigenvalue weighted by molar-refractivity contribution is 0.188. The fourth-order valence-corrected chi connectivity index (χ4v) is 3.94. The largest absolute Gasteiger partial charge is 0.357 e. The van der Waals surface area contributed by atoms with E-state index in [1.807, 2.05) is 19.3 Å². The lowest BCUT2D eigenvalue weighted by atomic mass is 10.0. The highest BCUT2D eigenvalue weighted by molar-refractivity contribution is 14.0. The van der Waals surface area contributed by atoms with Crippen LogP contribution in [0.25, 0.3) is 0 Å². The van der Waals surface area contributed by atoms with Gasteiger partial charge in [0.1, 0.15) is 24.0 Å². The molecule has 6 nitrogen and oxygen atoms in total. The third kappa shape index (κ3) is 7.68. The Morgan fingerprint density at radius 1 is 1.28 bits per heavy atom. The molecule has 0 radical (unpaired) electrons. The second-order valence-electron chi connectivity index (χ2n) is 8.50. The van der Waals surface area contributed by atoms with Crippen LogP contribution in [0.5, 0.6) is 0 Å².